The molecular weight excluding hydrogens is 510 g/mol. The van der Waals surface area contributed by atoms with Crippen molar-refractivity contribution < 1.29 is 38.7 Å². The van der Waals surface area contributed by atoms with Crippen LogP contribution in [0.4, 0.5) is 0 Å². The van der Waals surface area contributed by atoms with Gasteiger partial charge in [-0.1, -0.05) is 22.9 Å². The molecular formula is C21H31N7O8S. The number of amides is 1. The van der Waals surface area contributed by atoms with Crippen molar-refractivity contribution >= 4 is 22.1 Å². The minimum Gasteiger partial charge on any atom is -0.395 e. The average Bonchev–Trinajstić information content (AvgIpc) is 3.41. The lowest BCUT2D eigenvalue weighted by Gasteiger charge is -2.28. The van der Waals surface area contributed by atoms with Crippen LogP contribution in [0.1, 0.15) is 18.2 Å². The monoisotopic (exact) mass is 541 g/mol. The second-order valence-corrected chi connectivity index (χ2v) is 10.6. The topological polar surface area (TPSA) is 232 Å². The van der Waals surface area contributed by atoms with Crippen molar-refractivity contribution in [2.24, 2.45) is 5.10 Å². The van der Waals surface area contributed by atoms with Crippen LogP contribution in [-0.2, 0) is 21.4 Å². The fraction of sp³-hybridized carbons (Fsp3) is 0.524. The number of nitrogens with zero attached hydrogens (tertiary/aromatic N) is 4. The number of aromatic nitrogens is 3. The van der Waals surface area contributed by atoms with E-state index in [2.05, 4.69) is 25.5 Å². The summed E-state index contributed by atoms with van der Waals surface area (Å²) in [6.45, 7) is 1.85. The van der Waals surface area contributed by atoms with E-state index < -0.39 is 58.5 Å². The summed E-state index contributed by atoms with van der Waals surface area (Å²) >= 11 is 0. The van der Waals surface area contributed by atoms with Gasteiger partial charge in [0.05, 0.1) is 67.4 Å². The molecule has 1 aromatic carbocycles. The van der Waals surface area contributed by atoms with Crippen molar-refractivity contribution in [1.29, 1.82) is 0 Å². The molecule has 16 heteroatoms. The fourth-order valence-corrected chi connectivity index (χ4v) is 4.68. The maximum absolute atomic E-state index is 12.6. The van der Waals surface area contributed by atoms with E-state index >= 15 is 0 Å². The highest BCUT2D eigenvalue weighted by Gasteiger charge is 2.42. The number of aliphatic hydroxyl groups is 5. The number of carbonyl (C=O) groups is 1. The molecule has 204 valence electrons. The summed E-state index contributed by atoms with van der Waals surface area (Å²) in [5, 5.41) is 64.1. The van der Waals surface area contributed by atoms with Crippen LogP contribution < -0.4 is 15.5 Å². The van der Waals surface area contributed by atoms with Crippen LogP contribution in [0.25, 0.3) is 0 Å². The van der Waals surface area contributed by atoms with Crippen molar-refractivity contribution in [1.82, 2.24) is 30.5 Å². The number of aliphatic hydroxyl groups excluding tert-OH is 4. The van der Waals surface area contributed by atoms with E-state index in [1.807, 2.05) is 5.43 Å². The second-order valence-electron chi connectivity index (χ2n) is 8.85. The molecule has 0 spiro atoms. The number of hydrogen-bond acceptors (Lipinski definition) is 12. The van der Waals surface area contributed by atoms with Crippen LogP contribution in [0.2, 0.25) is 0 Å². The van der Waals surface area contributed by atoms with E-state index in [1.165, 1.54) is 23.0 Å². The Morgan fingerprint density at radius 3 is 2.51 bits per heavy atom. The third-order valence-corrected chi connectivity index (χ3v) is 7.47. The van der Waals surface area contributed by atoms with Gasteiger partial charge >= 0.3 is 0 Å². The Labute approximate surface area is 212 Å². The second kappa shape index (κ2) is 11.7. The Kier molecular flexibility index (Phi) is 9.09. The van der Waals surface area contributed by atoms with Crippen molar-refractivity contribution in [2.45, 2.75) is 61.3 Å². The highest BCUT2D eigenvalue weighted by Crippen LogP contribution is 2.16. The summed E-state index contributed by atoms with van der Waals surface area (Å²) in [6, 6.07) is 4.65. The lowest BCUT2D eigenvalue weighted by atomic mass is 9.97. The quantitative estimate of drug-likeness (QED) is 0.101. The maximum Gasteiger partial charge on any atom is 0.276 e. The van der Waals surface area contributed by atoms with Crippen LogP contribution in [0.3, 0.4) is 0 Å². The minimum absolute atomic E-state index is 0.0747. The van der Waals surface area contributed by atoms with E-state index in [0.29, 0.717) is 0 Å². The first-order valence-corrected chi connectivity index (χ1v) is 12.8. The summed E-state index contributed by atoms with van der Waals surface area (Å²) in [7, 11) is -4.07. The fourth-order valence-electron chi connectivity index (χ4n) is 3.61. The Balaban J connectivity index is 1.59. The van der Waals surface area contributed by atoms with Gasteiger partial charge in [-0.05, 0) is 26.0 Å². The molecule has 6 atom stereocenters. The van der Waals surface area contributed by atoms with E-state index in [9.17, 15) is 38.7 Å². The SMILES string of the molecule is Cc1ccc(S(=O)(=O)NCC(O)(C(=O)N/N=C/c2cn(C[C@H]3N[C@H](CO)[C@@H](O)[C@@H]3O)nn2)C(C)O)cc1. The Hall–Kier alpha value is -2.83. The third kappa shape index (κ3) is 6.74. The Bertz CT molecular complexity index is 1200. The van der Waals surface area contributed by atoms with E-state index in [0.717, 1.165) is 18.7 Å². The molecule has 2 aromatic rings. The van der Waals surface area contributed by atoms with Gasteiger partial charge in [-0.15, -0.1) is 5.10 Å². The van der Waals surface area contributed by atoms with Crippen molar-refractivity contribution in [3.05, 3.63) is 41.7 Å². The first-order valence-electron chi connectivity index (χ1n) is 11.3. The number of nitrogens with one attached hydrogen (secondary N) is 3. The number of rotatable bonds is 11. The predicted octanol–water partition coefficient (Wildman–Crippen LogP) is -3.82. The molecule has 1 aliphatic heterocycles. The van der Waals surface area contributed by atoms with Crippen LogP contribution >= 0.6 is 0 Å². The number of carbonyl (C=O) groups excluding carboxylic acids is 1. The van der Waals surface area contributed by atoms with Gasteiger partial charge in [0.2, 0.25) is 10.0 Å². The van der Waals surface area contributed by atoms with Crippen LogP contribution in [0.5, 0.6) is 0 Å². The molecule has 0 bridgehead atoms. The molecule has 2 unspecified atom stereocenters. The van der Waals surface area contributed by atoms with Crippen LogP contribution in [-0.4, -0.2) is 110 Å². The zero-order chi connectivity index (χ0) is 27.4. The molecule has 1 aromatic heterocycles. The third-order valence-electron chi connectivity index (χ3n) is 6.05. The summed E-state index contributed by atoms with van der Waals surface area (Å²) in [5.41, 5.74) is 0.534. The highest BCUT2D eigenvalue weighted by atomic mass is 32.2. The molecule has 1 amide bonds. The number of hydrogen-bond donors (Lipinski definition) is 8. The van der Waals surface area contributed by atoms with Crippen LogP contribution in [0.15, 0.2) is 40.5 Å². The molecule has 3 rings (SSSR count). The summed E-state index contributed by atoms with van der Waals surface area (Å²) in [5.74, 6) is -1.17. The van der Waals surface area contributed by atoms with E-state index in [1.54, 1.807) is 19.1 Å². The molecule has 37 heavy (non-hydrogen) atoms. The van der Waals surface area contributed by atoms with Crippen LogP contribution in [0, 0.1) is 6.92 Å². The molecule has 1 aliphatic rings. The molecule has 15 nitrogen and oxygen atoms in total. The smallest absolute Gasteiger partial charge is 0.276 e. The molecule has 0 radical (unpaired) electrons. The largest absolute Gasteiger partial charge is 0.395 e. The van der Waals surface area contributed by atoms with Crippen molar-refractivity contribution in [3.63, 3.8) is 0 Å². The Morgan fingerprint density at radius 2 is 1.92 bits per heavy atom. The highest BCUT2D eigenvalue weighted by molar-refractivity contribution is 7.89. The van der Waals surface area contributed by atoms with Gasteiger partial charge in [-0.2, -0.15) is 5.10 Å². The lowest BCUT2D eigenvalue weighted by molar-refractivity contribution is -0.150. The van der Waals surface area contributed by atoms with Gasteiger partial charge in [0.1, 0.15) is 5.69 Å². The van der Waals surface area contributed by atoms with Gasteiger partial charge in [0.25, 0.3) is 5.91 Å². The van der Waals surface area contributed by atoms with E-state index in [-0.39, 0.29) is 23.7 Å². The van der Waals surface area contributed by atoms with Crippen molar-refractivity contribution in [2.75, 3.05) is 13.2 Å². The normalized spacial score (nSPS) is 24.7. The van der Waals surface area contributed by atoms with Gasteiger partial charge < -0.3 is 30.8 Å². The molecule has 8 N–H and O–H groups in total. The molecule has 0 saturated carbocycles. The molecule has 2 heterocycles. The van der Waals surface area contributed by atoms with Gasteiger partial charge in [0, 0.05) is 0 Å². The predicted molar refractivity (Wildman–Crippen MR) is 129 cm³/mol. The zero-order valence-electron chi connectivity index (χ0n) is 20.1. The lowest BCUT2D eigenvalue weighted by Crippen LogP contribution is -2.59. The van der Waals surface area contributed by atoms with Gasteiger partial charge in [-0.3, -0.25) is 9.48 Å². The van der Waals surface area contributed by atoms with Crippen molar-refractivity contribution in [3.8, 4) is 0 Å². The molecule has 0 aliphatic carbocycles. The number of benzene rings is 1. The summed E-state index contributed by atoms with van der Waals surface area (Å²) in [6.07, 6.45) is -1.39. The number of aryl methyl sites for hydroxylation is 1. The summed E-state index contributed by atoms with van der Waals surface area (Å²) in [4.78, 5) is 12.5. The van der Waals surface area contributed by atoms with E-state index in [4.69, 9.17) is 0 Å². The maximum atomic E-state index is 12.6. The first-order chi connectivity index (χ1) is 17.4. The first kappa shape index (κ1) is 28.7. The standard InChI is InChI=1S/C21H31N7O8S/c1-12-3-5-15(6-4-12)37(35,36)23-11-21(34,13(2)30)20(33)26-22-7-14-8-28(27-25-14)9-16-18(31)19(32)17(10-29)24-16/h3-8,13,16-19,23-24,29-32,34H,9-11H2,1-2H3,(H,26,33)/b22-7+/t13?,16-,17-,18-,19-,21?/m1/s1. The number of sulfonamides is 1. The van der Waals surface area contributed by atoms with Gasteiger partial charge in [-0.25, -0.2) is 18.6 Å². The van der Waals surface area contributed by atoms with Gasteiger partial charge in [0.15, 0.2) is 5.60 Å². The number of hydrazone groups is 1. The minimum atomic E-state index is -4.07. The Morgan fingerprint density at radius 1 is 1.27 bits per heavy atom. The summed E-state index contributed by atoms with van der Waals surface area (Å²) < 4.78 is 28.5. The zero-order valence-corrected chi connectivity index (χ0v) is 20.9. The molecule has 1 saturated heterocycles. The average molecular weight is 542 g/mol. The molecule has 1 fully saturated rings.